The van der Waals surface area contributed by atoms with Gasteiger partial charge in [0.25, 0.3) is 0 Å². The van der Waals surface area contributed by atoms with Crippen LogP contribution in [0.15, 0.2) is 0 Å². The van der Waals surface area contributed by atoms with Crippen LogP contribution in [0.4, 0.5) is 0 Å². The number of hydrogen-bond donors (Lipinski definition) is 1. The van der Waals surface area contributed by atoms with E-state index in [0.717, 1.165) is 38.8 Å². The molecule has 0 bridgehead atoms. The van der Waals surface area contributed by atoms with Gasteiger partial charge in [-0.15, -0.1) is 0 Å². The Morgan fingerprint density at radius 3 is 2.67 bits per heavy atom. The van der Waals surface area contributed by atoms with E-state index in [-0.39, 0.29) is 23.7 Å². The molecule has 120 valence electrons. The zero-order valence-electron chi connectivity index (χ0n) is 13.6. The van der Waals surface area contributed by atoms with Gasteiger partial charge in [0.1, 0.15) is 0 Å². The quantitative estimate of drug-likeness (QED) is 0.798. The van der Waals surface area contributed by atoms with Crippen LogP contribution in [0.3, 0.4) is 0 Å². The Morgan fingerprint density at radius 1 is 1.24 bits per heavy atom. The van der Waals surface area contributed by atoms with Crippen molar-refractivity contribution in [2.45, 2.75) is 45.1 Å². The van der Waals surface area contributed by atoms with Gasteiger partial charge in [0.05, 0.1) is 11.8 Å². The van der Waals surface area contributed by atoms with Gasteiger partial charge in [0.15, 0.2) is 0 Å². The second-order valence-electron chi connectivity index (χ2n) is 6.63. The number of likely N-dealkylation sites (N-methyl/N-ethyl adjacent to an activating group) is 1. The summed E-state index contributed by atoms with van der Waals surface area (Å²) in [6.07, 6.45) is 5.21. The molecule has 1 saturated carbocycles. The third-order valence-electron chi connectivity index (χ3n) is 4.68. The standard InChI is InChI=1S/C16H29N3O2/c1-4-12-7-5-6-9-19(12)16(21)14-11-13(14)15(20)17-8-10-18(2)3/h12-14H,4-11H2,1-3H3,(H,17,20). The summed E-state index contributed by atoms with van der Waals surface area (Å²) in [6, 6.07) is 0.393. The summed E-state index contributed by atoms with van der Waals surface area (Å²) >= 11 is 0. The van der Waals surface area contributed by atoms with E-state index < -0.39 is 0 Å². The first-order valence-corrected chi connectivity index (χ1v) is 8.27. The zero-order chi connectivity index (χ0) is 15.4. The molecule has 0 radical (unpaired) electrons. The molecule has 3 unspecified atom stereocenters. The summed E-state index contributed by atoms with van der Waals surface area (Å²) in [6.45, 7) is 4.52. The fourth-order valence-electron chi connectivity index (χ4n) is 3.22. The second-order valence-corrected chi connectivity index (χ2v) is 6.63. The minimum Gasteiger partial charge on any atom is -0.355 e. The van der Waals surface area contributed by atoms with E-state index in [9.17, 15) is 9.59 Å². The molecular weight excluding hydrogens is 266 g/mol. The van der Waals surface area contributed by atoms with Crippen LogP contribution in [-0.2, 0) is 9.59 Å². The van der Waals surface area contributed by atoms with Gasteiger partial charge in [0.2, 0.25) is 11.8 Å². The van der Waals surface area contributed by atoms with E-state index in [2.05, 4.69) is 12.2 Å². The Morgan fingerprint density at radius 2 is 2.00 bits per heavy atom. The number of carbonyl (C=O) groups excluding carboxylic acids is 2. The van der Waals surface area contributed by atoms with Gasteiger partial charge in [-0.25, -0.2) is 0 Å². The summed E-state index contributed by atoms with van der Waals surface area (Å²) in [5, 5.41) is 2.94. The summed E-state index contributed by atoms with van der Waals surface area (Å²) in [5.74, 6) is 0.130. The largest absolute Gasteiger partial charge is 0.355 e. The van der Waals surface area contributed by atoms with Gasteiger partial charge in [-0.2, -0.15) is 0 Å². The minimum atomic E-state index is -0.0842. The molecular formula is C16H29N3O2. The molecule has 0 spiro atoms. The molecule has 2 aliphatic rings. The Labute approximate surface area is 128 Å². The predicted octanol–water partition coefficient (Wildman–Crippen LogP) is 1.09. The highest BCUT2D eigenvalue weighted by molar-refractivity contribution is 5.92. The van der Waals surface area contributed by atoms with Crippen molar-refractivity contribution in [1.82, 2.24) is 15.1 Å². The first kappa shape index (κ1) is 16.3. The fourth-order valence-corrected chi connectivity index (χ4v) is 3.22. The number of hydrogen-bond acceptors (Lipinski definition) is 3. The van der Waals surface area contributed by atoms with E-state index in [0.29, 0.717) is 12.6 Å². The van der Waals surface area contributed by atoms with Crippen molar-refractivity contribution in [2.24, 2.45) is 11.8 Å². The zero-order valence-corrected chi connectivity index (χ0v) is 13.6. The summed E-state index contributed by atoms with van der Waals surface area (Å²) < 4.78 is 0. The maximum absolute atomic E-state index is 12.6. The van der Waals surface area contributed by atoms with E-state index in [1.165, 1.54) is 6.42 Å². The molecule has 1 aliphatic carbocycles. The van der Waals surface area contributed by atoms with Crippen LogP contribution in [0.5, 0.6) is 0 Å². The molecule has 0 aromatic rings. The lowest BCUT2D eigenvalue weighted by molar-refractivity contribution is -0.138. The van der Waals surface area contributed by atoms with Crippen molar-refractivity contribution in [3.05, 3.63) is 0 Å². The third-order valence-corrected chi connectivity index (χ3v) is 4.68. The lowest BCUT2D eigenvalue weighted by atomic mass is 9.99. The Balaban J connectivity index is 1.79. The second kappa shape index (κ2) is 7.25. The highest BCUT2D eigenvalue weighted by Crippen LogP contribution is 2.41. The van der Waals surface area contributed by atoms with Crippen LogP contribution in [0.2, 0.25) is 0 Å². The highest BCUT2D eigenvalue weighted by atomic mass is 16.2. The van der Waals surface area contributed by atoms with Crippen molar-refractivity contribution in [3.8, 4) is 0 Å². The smallest absolute Gasteiger partial charge is 0.226 e. The van der Waals surface area contributed by atoms with Crippen LogP contribution in [-0.4, -0.2) is 61.4 Å². The van der Waals surface area contributed by atoms with Gasteiger partial charge in [-0.1, -0.05) is 6.92 Å². The molecule has 5 heteroatoms. The maximum atomic E-state index is 12.6. The predicted molar refractivity (Wildman–Crippen MR) is 82.8 cm³/mol. The van der Waals surface area contributed by atoms with Crippen LogP contribution in [0, 0.1) is 11.8 Å². The SMILES string of the molecule is CCC1CCCCN1C(=O)C1CC1C(=O)NCCN(C)C. The molecule has 21 heavy (non-hydrogen) atoms. The van der Waals surface area contributed by atoms with Crippen molar-refractivity contribution in [3.63, 3.8) is 0 Å². The maximum Gasteiger partial charge on any atom is 0.226 e. The molecule has 2 rings (SSSR count). The minimum absolute atomic E-state index is 0.0558. The number of nitrogens with one attached hydrogen (secondary N) is 1. The molecule has 3 atom stereocenters. The van der Waals surface area contributed by atoms with Gasteiger partial charge in [0, 0.05) is 25.7 Å². The lowest BCUT2D eigenvalue weighted by Gasteiger charge is -2.35. The average molecular weight is 295 g/mol. The monoisotopic (exact) mass is 295 g/mol. The van der Waals surface area contributed by atoms with Crippen LogP contribution < -0.4 is 5.32 Å². The van der Waals surface area contributed by atoms with Crippen molar-refractivity contribution in [2.75, 3.05) is 33.7 Å². The van der Waals surface area contributed by atoms with E-state index in [4.69, 9.17) is 0 Å². The van der Waals surface area contributed by atoms with Crippen LogP contribution >= 0.6 is 0 Å². The Kier molecular flexibility index (Phi) is 5.62. The molecule has 5 nitrogen and oxygen atoms in total. The van der Waals surface area contributed by atoms with Crippen molar-refractivity contribution in [1.29, 1.82) is 0 Å². The molecule has 1 saturated heterocycles. The molecule has 2 fully saturated rings. The van der Waals surface area contributed by atoms with Crippen LogP contribution in [0.1, 0.15) is 39.0 Å². The number of likely N-dealkylation sites (tertiary alicyclic amines) is 1. The Bertz CT molecular complexity index is 384. The molecule has 1 heterocycles. The number of rotatable bonds is 6. The average Bonchev–Trinajstić information content (AvgIpc) is 3.26. The normalized spacial score (nSPS) is 28.6. The molecule has 0 aromatic heterocycles. The highest BCUT2D eigenvalue weighted by Gasteiger charge is 2.50. The van der Waals surface area contributed by atoms with Crippen molar-refractivity contribution < 1.29 is 9.59 Å². The van der Waals surface area contributed by atoms with Gasteiger partial charge >= 0.3 is 0 Å². The van der Waals surface area contributed by atoms with E-state index in [1.807, 2.05) is 23.9 Å². The Hall–Kier alpha value is -1.10. The number of amides is 2. The van der Waals surface area contributed by atoms with Gasteiger partial charge in [-0.05, 0) is 46.2 Å². The molecule has 1 N–H and O–H groups in total. The number of piperidine rings is 1. The third kappa shape index (κ3) is 4.19. The van der Waals surface area contributed by atoms with Crippen LogP contribution in [0.25, 0.3) is 0 Å². The van der Waals surface area contributed by atoms with Gasteiger partial charge in [-0.3, -0.25) is 9.59 Å². The summed E-state index contributed by atoms with van der Waals surface area (Å²) in [5.41, 5.74) is 0. The molecule has 2 amide bonds. The number of nitrogens with zero attached hydrogens (tertiary/aromatic N) is 2. The lowest BCUT2D eigenvalue weighted by Crippen LogP contribution is -2.44. The topological polar surface area (TPSA) is 52.7 Å². The summed E-state index contributed by atoms with van der Waals surface area (Å²) in [7, 11) is 3.97. The van der Waals surface area contributed by atoms with E-state index >= 15 is 0 Å². The molecule has 1 aliphatic heterocycles. The molecule has 0 aromatic carbocycles. The first-order valence-electron chi connectivity index (χ1n) is 8.27. The van der Waals surface area contributed by atoms with Gasteiger partial charge < -0.3 is 15.1 Å². The fraction of sp³-hybridized carbons (Fsp3) is 0.875. The van der Waals surface area contributed by atoms with Crippen molar-refractivity contribution >= 4 is 11.8 Å². The summed E-state index contributed by atoms with van der Waals surface area (Å²) in [4.78, 5) is 28.7. The number of carbonyl (C=O) groups is 2. The van der Waals surface area contributed by atoms with E-state index in [1.54, 1.807) is 0 Å². The first-order chi connectivity index (χ1) is 10.0.